The number of hydrogen-bond donors (Lipinski definition) is 0. The first-order chi connectivity index (χ1) is 67.8. The van der Waals surface area contributed by atoms with Crippen molar-refractivity contribution in [2.24, 2.45) is 0 Å². The number of nitrogens with zero attached hydrogens (tertiary/aromatic N) is 7. The molecule has 0 saturated heterocycles. The van der Waals surface area contributed by atoms with Crippen LogP contribution in [-0.4, -0.2) is 85.4 Å². The van der Waals surface area contributed by atoms with E-state index in [1.165, 1.54) is 81.5 Å². The first-order valence-corrected chi connectivity index (χ1v) is 49.8. The van der Waals surface area contributed by atoms with Crippen molar-refractivity contribution in [3.63, 3.8) is 0 Å². The van der Waals surface area contributed by atoms with Crippen LogP contribution in [0.3, 0.4) is 0 Å². The summed E-state index contributed by atoms with van der Waals surface area (Å²) in [6, 6.07) is 101. The Balaban J connectivity index is 0.000000219. The van der Waals surface area contributed by atoms with Crippen LogP contribution in [0.2, 0.25) is 0 Å². The van der Waals surface area contributed by atoms with Crippen molar-refractivity contribution < 1.29 is 63.8 Å². The van der Waals surface area contributed by atoms with Gasteiger partial charge in [0.15, 0.2) is 0 Å². The Kier molecular flexibility index (Phi) is 53.3. The highest BCUT2D eigenvalue weighted by atomic mass is 32.1. The molecule has 0 N–H and O–H groups in total. The zero-order valence-electron chi connectivity index (χ0n) is 77.1. The van der Waals surface area contributed by atoms with Gasteiger partial charge in [-0.15, -0.1) is 34.0 Å². The van der Waals surface area contributed by atoms with Crippen molar-refractivity contribution in [1.82, 2.24) is 34.9 Å². The molecule has 18 rings (SSSR count). The van der Waals surface area contributed by atoms with E-state index in [9.17, 15) is 0 Å². The third kappa shape index (κ3) is 43.8. The molecule has 0 bridgehead atoms. The standard InChI is InChI=1S/C19H19NS.2C18H17NO.C18H15NO.C18H17NS.C17H16N2S.6O2S/c1-14-5-8-16(9-6-14)19-15(2)7-10-17(20-19)11-12-18-4-3-13-21-18;1-14-7-9-15(10-8-14)18-6-2-4-16(19-18)11-12-17-5-3-13-20-17;2*1-14-5-8-16(9-6-14)18-4-2-3-17(19-18)10-7-15-11-12-20-13-15;1-14-7-9-15(10-8-14)18-6-2-4-16(19-18)11-12-17-5-3-13-20-17;1-13-4-6-14(7-5-13)17-12-18-11-15(19-17)8-9-16-3-2-10-20-16;6*1-3-2/h3-10,13H,11-12H2,1-2H3;2-10,13H,11-12H2,1H3;2-6,8-9,11-13H,7,10H2,1H3;2-13H,1H3;2-10,13H,11-12H2,1H3;2-7,10-12H,8-9H2,1H3;;;;;;/b;;;10-7-;;;;;;;;. The average molecular weight is 2030 g/mol. The fraction of sp³-hybridized carbons (Fsp3) is 0.157. The molecule has 18 aromatic rings. The van der Waals surface area contributed by atoms with E-state index >= 15 is 0 Å². The first-order valence-electron chi connectivity index (χ1n) is 43.1. The summed E-state index contributed by atoms with van der Waals surface area (Å²) in [5.41, 5.74) is 30.8. The van der Waals surface area contributed by atoms with Crippen LogP contribution in [0.5, 0.6) is 0 Å². The van der Waals surface area contributed by atoms with Gasteiger partial charge < -0.3 is 13.3 Å². The van der Waals surface area contributed by atoms with Crippen molar-refractivity contribution in [3.8, 4) is 67.5 Å². The summed E-state index contributed by atoms with van der Waals surface area (Å²) in [4.78, 5) is 37.1. The van der Waals surface area contributed by atoms with Crippen molar-refractivity contribution in [3.05, 3.63) is 456 Å². The Bertz CT molecular complexity index is 6200. The van der Waals surface area contributed by atoms with Crippen LogP contribution in [0.15, 0.2) is 364 Å². The fourth-order valence-electron chi connectivity index (χ4n) is 13.1. The van der Waals surface area contributed by atoms with Crippen molar-refractivity contribution in [1.29, 1.82) is 0 Å². The number of thiophene rings is 3. The quantitative estimate of drug-likeness (QED) is 0.0574. The Labute approximate surface area is 843 Å². The molecule has 0 unspecified atom stereocenters. The summed E-state index contributed by atoms with van der Waals surface area (Å²) >= 11 is 0.932. The molecule has 12 heterocycles. The Morgan fingerprint density at radius 2 is 0.612 bits per heavy atom. The molecule has 0 amide bonds. The molecule has 139 heavy (non-hydrogen) atoms. The van der Waals surface area contributed by atoms with Gasteiger partial charge in [-0.1, -0.05) is 228 Å². The minimum Gasteiger partial charge on any atom is -0.472 e. The highest BCUT2D eigenvalue weighted by Gasteiger charge is 2.11. The number of furan rings is 3. The number of aromatic nitrogens is 7. The summed E-state index contributed by atoms with van der Waals surface area (Å²) in [7, 11) is 0. The molecule has 22 nitrogen and oxygen atoms in total. The minimum absolute atomic E-state index is 0.750. The average Bonchev–Trinajstić information content (AvgIpc) is 1.49. The van der Waals surface area contributed by atoms with Gasteiger partial charge in [-0.2, -0.15) is 50.5 Å². The maximum absolute atomic E-state index is 8.29. The number of benzene rings is 6. The summed E-state index contributed by atoms with van der Waals surface area (Å²) in [5.74, 6) is 1.01. The van der Waals surface area contributed by atoms with Crippen LogP contribution in [0.4, 0.5) is 0 Å². The maximum Gasteiger partial charge on any atom is 0.335 e. The van der Waals surface area contributed by atoms with Crippen molar-refractivity contribution in [2.75, 3.05) is 0 Å². The van der Waals surface area contributed by atoms with Crippen LogP contribution in [-0.2, 0) is 134 Å². The van der Waals surface area contributed by atoms with Gasteiger partial charge in [-0.3, -0.25) is 24.9 Å². The van der Waals surface area contributed by atoms with Gasteiger partial charge >= 0.3 is 69.4 Å². The van der Waals surface area contributed by atoms with E-state index < -0.39 is 69.4 Å². The molecule has 31 heteroatoms. The van der Waals surface area contributed by atoms with E-state index in [4.69, 9.17) is 88.7 Å². The van der Waals surface area contributed by atoms with Crippen molar-refractivity contribution >= 4 is 116 Å². The van der Waals surface area contributed by atoms with Crippen LogP contribution in [0.25, 0.3) is 79.7 Å². The van der Waals surface area contributed by atoms with E-state index in [-0.39, 0.29) is 0 Å². The summed E-state index contributed by atoms with van der Waals surface area (Å²) in [6.45, 7) is 14.7. The Hall–Kier alpha value is -14.3. The zero-order valence-corrected chi connectivity index (χ0v) is 84.5. The Morgan fingerprint density at radius 3 is 0.978 bits per heavy atom. The van der Waals surface area contributed by atoms with Gasteiger partial charge in [0.05, 0.1) is 83.1 Å². The van der Waals surface area contributed by atoms with Crippen LogP contribution in [0.1, 0.15) is 105 Å². The molecule has 0 aliphatic rings. The van der Waals surface area contributed by atoms with E-state index in [0.717, 1.165) is 155 Å². The lowest BCUT2D eigenvalue weighted by Crippen LogP contribution is -1.97. The molecule has 0 aliphatic carbocycles. The SMILES string of the molecule is Cc1ccc(-c2cccc(/C=C\c3ccoc3)n2)cc1.Cc1ccc(-c2cccc(CCc3ccco3)n2)cc1.Cc1ccc(-c2cccc(CCc3cccs3)n2)cc1.Cc1ccc(-c2cccc(CCc3ccoc3)n2)cc1.Cc1ccc(-c2cncc(CCc3cccs3)n2)cc1.Cc1ccc(-c2nc(CCc3cccs3)ccc2C)cc1.O=S=O.O=S=O.O=S=O.O=S=O.O=S=O.O=S=O. The molecule has 0 saturated carbocycles. The second-order valence-electron chi connectivity index (χ2n) is 30.3. The summed E-state index contributed by atoms with van der Waals surface area (Å²) in [6.07, 6.45) is 26.1. The molecule has 6 aromatic carbocycles. The van der Waals surface area contributed by atoms with Gasteiger partial charge in [0.1, 0.15) is 5.76 Å². The molecule has 0 spiro atoms. The van der Waals surface area contributed by atoms with E-state index in [2.05, 4.69) is 323 Å². The third-order valence-corrected chi connectivity index (χ3v) is 23.0. The van der Waals surface area contributed by atoms with E-state index in [0.29, 0.717) is 0 Å². The maximum atomic E-state index is 8.29. The van der Waals surface area contributed by atoms with Crippen molar-refractivity contribution in [2.45, 2.75) is 113 Å². The molecule has 712 valence electrons. The number of hydrogen-bond acceptors (Lipinski definition) is 25. The zero-order chi connectivity index (χ0) is 99.8. The lowest BCUT2D eigenvalue weighted by Gasteiger charge is -2.08. The number of rotatable bonds is 23. The predicted octanol–water partition coefficient (Wildman–Crippen LogP) is 24.1. The fourth-order valence-corrected chi connectivity index (χ4v) is 15.3. The van der Waals surface area contributed by atoms with Crippen LogP contribution in [0, 0.1) is 48.5 Å². The topological polar surface area (TPSA) is 334 Å². The Morgan fingerprint density at radius 1 is 0.266 bits per heavy atom. The second kappa shape index (κ2) is 66.3. The third-order valence-electron chi connectivity index (χ3n) is 20.2. The molecule has 12 aromatic heterocycles. The molecule has 0 aliphatic heterocycles. The molecule has 0 fully saturated rings. The smallest absolute Gasteiger partial charge is 0.335 e. The molecular formula is C108H101N7O15S9. The lowest BCUT2D eigenvalue weighted by molar-refractivity contribution is 0.507. The van der Waals surface area contributed by atoms with Gasteiger partial charge in [0.25, 0.3) is 0 Å². The number of pyridine rings is 5. The van der Waals surface area contributed by atoms with Crippen LogP contribution < -0.4 is 0 Å². The number of aryl methyl sites for hydroxylation is 17. The summed E-state index contributed by atoms with van der Waals surface area (Å²) < 4.78 is 115. The molecular weight excluding hydrogens is 1920 g/mol. The van der Waals surface area contributed by atoms with Gasteiger partial charge in [0, 0.05) is 89.0 Å². The van der Waals surface area contributed by atoms with E-state index in [1.807, 2.05) is 89.7 Å². The lowest BCUT2D eigenvalue weighted by atomic mass is 10.0. The predicted molar refractivity (Wildman–Crippen MR) is 558 cm³/mol. The summed E-state index contributed by atoms with van der Waals surface area (Å²) in [5, 5.41) is 6.38. The highest BCUT2D eigenvalue weighted by Crippen LogP contribution is 2.28. The minimum atomic E-state index is -0.750. The monoisotopic (exact) mass is 2020 g/mol. The molecule has 0 radical (unpaired) electrons. The highest BCUT2D eigenvalue weighted by molar-refractivity contribution is 7.52. The van der Waals surface area contributed by atoms with E-state index in [1.54, 1.807) is 42.7 Å². The normalized spacial score (nSPS) is 9.86. The largest absolute Gasteiger partial charge is 0.472 e. The van der Waals surface area contributed by atoms with Gasteiger partial charge in [0.2, 0.25) is 0 Å². The van der Waals surface area contributed by atoms with Crippen LogP contribution >= 0.6 is 34.0 Å². The van der Waals surface area contributed by atoms with Gasteiger partial charge in [-0.25, -0.2) is 9.97 Å². The van der Waals surface area contributed by atoms with Gasteiger partial charge in [-0.05, 0) is 243 Å². The molecule has 0 atom stereocenters. The second-order valence-corrected chi connectivity index (χ2v) is 34.2. The first kappa shape index (κ1) is 112.